The Morgan fingerprint density at radius 3 is 2.65 bits per heavy atom. The van der Waals surface area contributed by atoms with Crippen LogP contribution >= 0.6 is 11.6 Å². The van der Waals surface area contributed by atoms with Crippen molar-refractivity contribution >= 4 is 21.4 Å². The Bertz CT molecular complexity index is 798. The van der Waals surface area contributed by atoms with Crippen LogP contribution in [0.4, 0.5) is 4.39 Å². The zero-order valence-corrected chi connectivity index (χ0v) is 14.7. The normalized spacial score (nSPS) is 11.9. The number of hydrogen-bond donors (Lipinski definition) is 0. The maximum Gasteiger partial charge on any atom is 0.228 e. The van der Waals surface area contributed by atoms with Gasteiger partial charge in [-0.25, -0.2) is 17.8 Å². The van der Waals surface area contributed by atoms with Crippen molar-refractivity contribution in [3.05, 3.63) is 46.0 Å². The lowest BCUT2D eigenvalue weighted by Gasteiger charge is -2.11. The number of benzene rings is 1. The number of methoxy groups -OCH3 is 1. The molecule has 0 spiro atoms. The van der Waals surface area contributed by atoms with Crippen molar-refractivity contribution < 1.29 is 17.5 Å². The quantitative estimate of drug-likeness (QED) is 0.794. The monoisotopic (exact) mass is 360 g/mol. The van der Waals surface area contributed by atoms with Crippen LogP contribution in [-0.4, -0.2) is 31.7 Å². The van der Waals surface area contributed by atoms with E-state index in [2.05, 4.69) is 4.98 Å². The first-order valence-corrected chi connectivity index (χ1v) is 8.99. The standard InChI is InChI=1S/C15H18ClFN2O3S/c1-10-11(2)19(7-8-22-3)15(18-10)23(20,21)9-12-13(16)5-4-6-14(12)17/h4-6H,7-9H2,1-3H3. The molecule has 8 heteroatoms. The molecule has 126 valence electrons. The van der Waals surface area contributed by atoms with Crippen LogP contribution < -0.4 is 0 Å². The molecule has 5 nitrogen and oxygen atoms in total. The molecule has 0 amide bonds. The molecular formula is C15H18ClFN2O3S. The molecule has 1 aromatic carbocycles. The summed E-state index contributed by atoms with van der Waals surface area (Å²) in [5.41, 5.74) is 1.30. The molecule has 0 aliphatic rings. The van der Waals surface area contributed by atoms with Gasteiger partial charge in [0.1, 0.15) is 5.82 Å². The van der Waals surface area contributed by atoms with Gasteiger partial charge in [0, 0.05) is 29.9 Å². The van der Waals surface area contributed by atoms with E-state index in [0.29, 0.717) is 18.8 Å². The highest BCUT2D eigenvalue weighted by Gasteiger charge is 2.26. The molecule has 0 aliphatic carbocycles. The summed E-state index contributed by atoms with van der Waals surface area (Å²) in [6.45, 7) is 4.21. The molecule has 23 heavy (non-hydrogen) atoms. The van der Waals surface area contributed by atoms with E-state index in [1.54, 1.807) is 18.4 Å². The number of halogens is 2. The smallest absolute Gasteiger partial charge is 0.228 e. The van der Waals surface area contributed by atoms with E-state index >= 15 is 0 Å². The Morgan fingerprint density at radius 2 is 2.04 bits per heavy atom. The van der Waals surface area contributed by atoms with E-state index in [1.165, 1.54) is 25.3 Å². The van der Waals surface area contributed by atoms with Crippen molar-refractivity contribution in [3.8, 4) is 0 Å². The van der Waals surface area contributed by atoms with Gasteiger partial charge in [-0.15, -0.1) is 0 Å². The fraction of sp³-hybridized carbons (Fsp3) is 0.400. The minimum atomic E-state index is -3.85. The van der Waals surface area contributed by atoms with Crippen molar-refractivity contribution in [1.29, 1.82) is 0 Å². The second kappa shape index (κ2) is 6.98. The van der Waals surface area contributed by atoms with E-state index < -0.39 is 21.4 Å². The number of rotatable bonds is 6. The molecule has 0 unspecified atom stereocenters. The van der Waals surface area contributed by atoms with Crippen molar-refractivity contribution in [2.75, 3.05) is 13.7 Å². The fourth-order valence-corrected chi connectivity index (χ4v) is 4.18. The van der Waals surface area contributed by atoms with Crippen LogP contribution in [0.2, 0.25) is 5.02 Å². The Morgan fingerprint density at radius 1 is 1.35 bits per heavy atom. The van der Waals surface area contributed by atoms with Crippen molar-refractivity contribution in [2.24, 2.45) is 0 Å². The zero-order valence-electron chi connectivity index (χ0n) is 13.1. The molecule has 0 saturated heterocycles. The molecule has 2 aromatic rings. The number of sulfone groups is 1. The molecule has 0 atom stereocenters. The number of aromatic nitrogens is 2. The number of imidazole rings is 1. The third-order valence-electron chi connectivity index (χ3n) is 3.62. The topological polar surface area (TPSA) is 61.2 Å². The molecule has 0 radical (unpaired) electrons. The Balaban J connectivity index is 2.46. The SMILES string of the molecule is COCCn1c(S(=O)(=O)Cc2c(F)cccc2Cl)nc(C)c1C. The maximum atomic E-state index is 13.9. The molecule has 2 rings (SSSR count). The average molecular weight is 361 g/mol. The summed E-state index contributed by atoms with van der Waals surface area (Å²) in [6.07, 6.45) is 0. The van der Waals surface area contributed by atoms with Gasteiger partial charge in [-0.2, -0.15) is 0 Å². The predicted octanol–water partition coefficient (Wildman–Crippen LogP) is 2.91. The lowest BCUT2D eigenvalue weighted by atomic mass is 10.2. The summed E-state index contributed by atoms with van der Waals surface area (Å²) in [7, 11) is -2.32. The van der Waals surface area contributed by atoms with Crippen molar-refractivity contribution in [2.45, 2.75) is 31.3 Å². The second-order valence-electron chi connectivity index (χ2n) is 5.17. The summed E-state index contributed by atoms with van der Waals surface area (Å²) >= 11 is 5.93. The highest BCUT2D eigenvalue weighted by Crippen LogP contribution is 2.25. The number of ether oxygens (including phenoxy) is 1. The van der Waals surface area contributed by atoms with Crippen molar-refractivity contribution in [1.82, 2.24) is 9.55 Å². The zero-order chi connectivity index (χ0) is 17.2. The van der Waals surface area contributed by atoms with E-state index in [1.807, 2.05) is 0 Å². The highest BCUT2D eigenvalue weighted by atomic mass is 35.5. The van der Waals surface area contributed by atoms with Crippen LogP contribution in [-0.2, 0) is 26.9 Å². The summed E-state index contributed by atoms with van der Waals surface area (Å²) < 4.78 is 45.9. The predicted molar refractivity (Wildman–Crippen MR) is 85.9 cm³/mol. The largest absolute Gasteiger partial charge is 0.383 e. The van der Waals surface area contributed by atoms with Crippen LogP contribution in [0.5, 0.6) is 0 Å². The molecule has 0 N–H and O–H groups in total. The average Bonchev–Trinajstić information content (AvgIpc) is 2.77. The minimum Gasteiger partial charge on any atom is -0.383 e. The van der Waals surface area contributed by atoms with Gasteiger partial charge in [-0.1, -0.05) is 17.7 Å². The Labute approximate surface area is 140 Å². The van der Waals surface area contributed by atoms with Gasteiger partial charge in [0.05, 0.1) is 18.1 Å². The summed E-state index contributed by atoms with van der Waals surface area (Å²) in [5.74, 6) is -1.19. The molecular weight excluding hydrogens is 343 g/mol. The molecule has 0 aliphatic heterocycles. The van der Waals surface area contributed by atoms with Gasteiger partial charge in [0.25, 0.3) is 0 Å². The van der Waals surface area contributed by atoms with Crippen molar-refractivity contribution in [3.63, 3.8) is 0 Å². The molecule has 0 fully saturated rings. The van der Waals surface area contributed by atoms with Crippen LogP contribution in [0.25, 0.3) is 0 Å². The lowest BCUT2D eigenvalue weighted by molar-refractivity contribution is 0.184. The van der Waals surface area contributed by atoms with Gasteiger partial charge < -0.3 is 9.30 Å². The maximum absolute atomic E-state index is 13.9. The van der Waals surface area contributed by atoms with E-state index in [0.717, 1.165) is 5.69 Å². The third-order valence-corrected chi connectivity index (χ3v) is 5.51. The van der Waals surface area contributed by atoms with Crippen LogP contribution in [0, 0.1) is 19.7 Å². The van der Waals surface area contributed by atoms with Gasteiger partial charge in [0.15, 0.2) is 0 Å². The Hall–Kier alpha value is -1.44. The highest BCUT2D eigenvalue weighted by molar-refractivity contribution is 7.90. The lowest BCUT2D eigenvalue weighted by Crippen LogP contribution is -2.16. The summed E-state index contributed by atoms with van der Waals surface area (Å²) in [4.78, 5) is 4.14. The van der Waals surface area contributed by atoms with Gasteiger partial charge in [-0.3, -0.25) is 0 Å². The fourth-order valence-electron chi connectivity index (χ4n) is 2.23. The number of aryl methyl sites for hydroxylation is 1. The van der Waals surface area contributed by atoms with Crippen LogP contribution in [0.3, 0.4) is 0 Å². The first-order chi connectivity index (χ1) is 10.8. The number of nitrogens with zero attached hydrogens (tertiary/aromatic N) is 2. The van der Waals surface area contributed by atoms with E-state index in [-0.39, 0.29) is 15.7 Å². The molecule has 0 saturated carbocycles. The number of hydrogen-bond acceptors (Lipinski definition) is 4. The third kappa shape index (κ3) is 3.73. The molecule has 0 bridgehead atoms. The first kappa shape index (κ1) is 17.9. The molecule has 1 heterocycles. The first-order valence-electron chi connectivity index (χ1n) is 6.96. The van der Waals surface area contributed by atoms with Crippen LogP contribution in [0.15, 0.2) is 23.4 Å². The van der Waals surface area contributed by atoms with Gasteiger partial charge in [-0.05, 0) is 26.0 Å². The summed E-state index contributed by atoms with van der Waals surface area (Å²) in [6, 6.07) is 4.08. The molecule has 1 aromatic heterocycles. The van der Waals surface area contributed by atoms with Gasteiger partial charge >= 0.3 is 0 Å². The Kier molecular flexibility index (Phi) is 5.44. The van der Waals surface area contributed by atoms with E-state index in [4.69, 9.17) is 16.3 Å². The minimum absolute atomic E-state index is 0.0502. The van der Waals surface area contributed by atoms with Gasteiger partial charge in [0.2, 0.25) is 15.0 Å². The van der Waals surface area contributed by atoms with E-state index in [9.17, 15) is 12.8 Å². The second-order valence-corrected chi connectivity index (χ2v) is 7.46. The van der Waals surface area contributed by atoms with Crippen LogP contribution in [0.1, 0.15) is 17.0 Å². The summed E-state index contributed by atoms with van der Waals surface area (Å²) in [5, 5.41) is -0.0131.